The Labute approximate surface area is 116 Å². The van der Waals surface area contributed by atoms with Crippen molar-refractivity contribution in [1.82, 2.24) is 10.2 Å². The van der Waals surface area contributed by atoms with Crippen LogP contribution in [0.3, 0.4) is 0 Å². The molecule has 2 rings (SSSR count). The number of carbonyl (C=O) groups is 1. The minimum atomic E-state index is 0.0526. The van der Waals surface area contributed by atoms with Crippen molar-refractivity contribution in [2.75, 3.05) is 26.2 Å². The topological polar surface area (TPSA) is 52.6 Å². The average molecular weight is 268 g/mol. The lowest BCUT2D eigenvalue weighted by atomic mass is 10.0. The van der Waals surface area contributed by atoms with Crippen LogP contribution in [-0.2, 0) is 0 Å². The Bertz CT molecular complexity index is 277. The van der Waals surface area contributed by atoms with Crippen molar-refractivity contribution in [2.45, 2.75) is 51.4 Å². The third-order valence-electron chi connectivity index (χ3n) is 4.62. The summed E-state index contributed by atoms with van der Waals surface area (Å²) in [4.78, 5) is 13.7. The first-order valence-corrected chi connectivity index (χ1v) is 7.93. The van der Waals surface area contributed by atoms with E-state index in [1.54, 1.807) is 0 Å². The summed E-state index contributed by atoms with van der Waals surface area (Å²) in [6.07, 6.45) is 10.3. The summed E-state index contributed by atoms with van der Waals surface area (Å²) in [6.45, 7) is 2.50. The molecular weight excluding hydrogens is 240 g/mol. The first-order chi connectivity index (χ1) is 9.29. The summed E-state index contributed by atoms with van der Waals surface area (Å²) in [5, 5.41) is 12.1. The third-order valence-corrected chi connectivity index (χ3v) is 4.62. The maximum Gasteiger partial charge on any atom is 0.317 e. The second kappa shape index (κ2) is 7.73. The lowest BCUT2D eigenvalue weighted by Crippen LogP contribution is -2.39. The van der Waals surface area contributed by atoms with E-state index in [1.807, 2.05) is 4.90 Å². The van der Waals surface area contributed by atoms with E-state index in [4.69, 9.17) is 5.11 Å². The summed E-state index contributed by atoms with van der Waals surface area (Å²) in [5.74, 6) is 1.24. The van der Waals surface area contributed by atoms with Crippen LogP contribution in [0.1, 0.15) is 51.4 Å². The zero-order valence-corrected chi connectivity index (χ0v) is 11.9. The molecule has 0 spiro atoms. The lowest BCUT2D eigenvalue weighted by Gasteiger charge is -2.17. The molecule has 1 aliphatic carbocycles. The number of hydrogen-bond donors (Lipinski definition) is 2. The molecule has 19 heavy (non-hydrogen) atoms. The molecule has 0 aromatic carbocycles. The van der Waals surface area contributed by atoms with Gasteiger partial charge in [-0.3, -0.25) is 0 Å². The first-order valence-electron chi connectivity index (χ1n) is 7.93. The highest BCUT2D eigenvalue weighted by atomic mass is 16.3. The normalized spacial score (nSPS) is 24.1. The van der Waals surface area contributed by atoms with Gasteiger partial charge in [0.25, 0.3) is 0 Å². The number of hydrogen-bond acceptors (Lipinski definition) is 2. The van der Waals surface area contributed by atoms with E-state index in [9.17, 15) is 4.79 Å². The fourth-order valence-corrected chi connectivity index (χ4v) is 3.33. The van der Waals surface area contributed by atoms with Crippen molar-refractivity contribution in [3.8, 4) is 0 Å². The molecule has 2 aliphatic rings. The summed E-state index contributed by atoms with van der Waals surface area (Å²) >= 11 is 0. The Morgan fingerprint density at radius 1 is 1.16 bits per heavy atom. The van der Waals surface area contributed by atoms with E-state index < -0.39 is 0 Å². The van der Waals surface area contributed by atoms with Crippen LogP contribution in [0.5, 0.6) is 0 Å². The number of aliphatic hydroxyl groups is 1. The largest absolute Gasteiger partial charge is 0.396 e. The van der Waals surface area contributed by atoms with E-state index in [-0.39, 0.29) is 18.6 Å². The van der Waals surface area contributed by atoms with Gasteiger partial charge in [0.05, 0.1) is 0 Å². The number of rotatable bonds is 6. The molecule has 0 bridgehead atoms. The van der Waals surface area contributed by atoms with E-state index in [2.05, 4.69) is 5.32 Å². The second-order valence-corrected chi connectivity index (χ2v) is 6.16. The van der Waals surface area contributed by atoms with Crippen molar-refractivity contribution in [1.29, 1.82) is 0 Å². The summed E-state index contributed by atoms with van der Waals surface area (Å²) in [7, 11) is 0. The van der Waals surface area contributed by atoms with Crippen molar-refractivity contribution >= 4 is 6.03 Å². The molecule has 110 valence electrons. The van der Waals surface area contributed by atoms with Gasteiger partial charge in [0.2, 0.25) is 0 Å². The predicted octanol–water partition coefficient (Wildman–Crippen LogP) is 2.37. The fraction of sp³-hybridized carbons (Fsp3) is 0.933. The minimum absolute atomic E-state index is 0.0526. The highest BCUT2D eigenvalue weighted by Gasteiger charge is 2.25. The van der Waals surface area contributed by atoms with Crippen molar-refractivity contribution in [2.24, 2.45) is 11.8 Å². The molecule has 1 saturated carbocycles. The number of amides is 2. The molecule has 0 aromatic heterocycles. The van der Waals surface area contributed by atoms with Gasteiger partial charge in [-0.2, -0.15) is 0 Å². The second-order valence-electron chi connectivity index (χ2n) is 6.16. The number of aliphatic hydroxyl groups excluding tert-OH is 1. The Balaban J connectivity index is 1.49. The molecule has 1 unspecified atom stereocenters. The first kappa shape index (κ1) is 14.6. The number of nitrogens with zero attached hydrogens (tertiary/aromatic N) is 1. The molecular formula is C15H28N2O2. The smallest absolute Gasteiger partial charge is 0.317 e. The Hall–Kier alpha value is -0.770. The average Bonchev–Trinajstić information content (AvgIpc) is 3.09. The molecule has 2 N–H and O–H groups in total. The molecule has 0 radical (unpaired) electrons. The van der Waals surface area contributed by atoms with Crippen LogP contribution in [-0.4, -0.2) is 42.3 Å². The van der Waals surface area contributed by atoms with Gasteiger partial charge in [-0.05, 0) is 18.8 Å². The van der Waals surface area contributed by atoms with Gasteiger partial charge in [0.1, 0.15) is 0 Å². The Morgan fingerprint density at radius 2 is 1.95 bits per heavy atom. The number of nitrogens with one attached hydrogen (secondary N) is 1. The van der Waals surface area contributed by atoms with Gasteiger partial charge in [0.15, 0.2) is 0 Å². The molecule has 1 saturated heterocycles. The van der Waals surface area contributed by atoms with Crippen molar-refractivity contribution in [3.63, 3.8) is 0 Å². The van der Waals surface area contributed by atoms with Gasteiger partial charge < -0.3 is 15.3 Å². The zero-order valence-electron chi connectivity index (χ0n) is 11.9. The third kappa shape index (κ3) is 4.68. The van der Waals surface area contributed by atoms with Crippen LogP contribution >= 0.6 is 0 Å². The van der Waals surface area contributed by atoms with Crippen LogP contribution < -0.4 is 5.32 Å². The monoisotopic (exact) mass is 268 g/mol. The quantitative estimate of drug-likeness (QED) is 0.727. The molecule has 1 heterocycles. The van der Waals surface area contributed by atoms with Crippen LogP contribution in [0.2, 0.25) is 0 Å². The summed E-state index contributed by atoms with van der Waals surface area (Å²) in [6, 6.07) is 0.0526. The van der Waals surface area contributed by atoms with Crippen molar-refractivity contribution in [3.05, 3.63) is 0 Å². The van der Waals surface area contributed by atoms with Gasteiger partial charge in [-0.15, -0.1) is 0 Å². The fourth-order valence-electron chi connectivity index (χ4n) is 3.33. The van der Waals surface area contributed by atoms with E-state index >= 15 is 0 Å². The highest BCUT2D eigenvalue weighted by molar-refractivity contribution is 5.74. The van der Waals surface area contributed by atoms with Crippen LogP contribution in [0, 0.1) is 11.8 Å². The molecule has 1 aliphatic heterocycles. The van der Waals surface area contributed by atoms with Gasteiger partial charge in [-0.25, -0.2) is 4.79 Å². The highest BCUT2D eigenvalue weighted by Crippen LogP contribution is 2.28. The maximum atomic E-state index is 11.9. The summed E-state index contributed by atoms with van der Waals surface area (Å²) < 4.78 is 0. The minimum Gasteiger partial charge on any atom is -0.396 e. The van der Waals surface area contributed by atoms with Crippen LogP contribution in [0.25, 0.3) is 0 Å². The van der Waals surface area contributed by atoms with E-state index in [0.29, 0.717) is 6.54 Å². The number of urea groups is 1. The van der Waals surface area contributed by atoms with E-state index in [0.717, 1.165) is 31.8 Å². The standard InChI is InChI=1S/C15H28N2O2/c18-12-14-8-10-17(11-14)15(19)16-9-4-3-7-13-5-1-2-6-13/h13-14,18H,1-12H2,(H,16,19). The van der Waals surface area contributed by atoms with Crippen LogP contribution in [0.4, 0.5) is 4.79 Å². The van der Waals surface area contributed by atoms with E-state index in [1.165, 1.54) is 38.5 Å². The molecule has 4 nitrogen and oxygen atoms in total. The SMILES string of the molecule is O=C(NCCCCC1CCCC1)N1CCC(CO)C1. The van der Waals surface area contributed by atoms with Crippen LogP contribution in [0.15, 0.2) is 0 Å². The Morgan fingerprint density at radius 3 is 2.63 bits per heavy atom. The molecule has 0 aromatic rings. The van der Waals surface area contributed by atoms with Gasteiger partial charge in [0, 0.05) is 32.2 Å². The number of likely N-dealkylation sites (tertiary alicyclic amines) is 1. The predicted molar refractivity (Wildman–Crippen MR) is 76.0 cm³/mol. The van der Waals surface area contributed by atoms with Gasteiger partial charge >= 0.3 is 6.03 Å². The maximum absolute atomic E-state index is 11.9. The number of carbonyl (C=O) groups excluding carboxylic acids is 1. The molecule has 1 atom stereocenters. The summed E-state index contributed by atoms with van der Waals surface area (Å²) in [5.41, 5.74) is 0. The zero-order chi connectivity index (χ0) is 13.5. The molecule has 2 fully saturated rings. The number of unbranched alkanes of at least 4 members (excludes halogenated alkanes) is 1. The van der Waals surface area contributed by atoms with Crippen molar-refractivity contribution < 1.29 is 9.90 Å². The Kier molecular flexibility index (Phi) is 5.95. The van der Waals surface area contributed by atoms with Gasteiger partial charge in [-0.1, -0.05) is 38.5 Å². The lowest BCUT2D eigenvalue weighted by molar-refractivity contribution is 0.198. The molecule has 2 amide bonds. The molecule has 4 heteroatoms.